The number of rotatable bonds is 6. The Balaban J connectivity index is 2.91. The van der Waals surface area contributed by atoms with Crippen molar-refractivity contribution in [1.29, 1.82) is 0 Å². The zero-order valence-electron chi connectivity index (χ0n) is 14.2. The lowest BCUT2D eigenvalue weighted by Crippen LogP contribution is -2.64. The molecule has 0 amide bonds. The third kappa shape index (κ3) is 4.19. The van der Waals surface area contributed by atoms with Crippen LogP contribution in [0.15, 0.2) is 0 Å². The molecule has 1 N–H and O–H groups in total. The topological polar surface area (TPSA) is 15.3 Å². The van der Waals surface area contributed by atoms with Gasteiger partial charge in [-0.15, -0.1) is 0 Å². The first-order chi connectivity index (χ1) is 8.86. The predicted molar refractivity (Wildman–Crippen MR) is 85.7 cm³/mol. The van der Waals surface area contributed by atoms with E-state index in [1.807, 2.05) is 0 Å². The van der Waals surface area contributed by atoms with Crippen LogP contribution in [-0.4, -0.2) is 36.1 Å². The molecule has 19 heavy (non-hydrogen) atoms. The quantitative estimate of drug-likeness (QED) is 0.781. The molecular formula is C17H36N2. The van der Waals surface area contributed by atoms with Crippen LogP contribution >= 0.6 is 0 Å². The summed E-state index contributed by atoms with van der Waals surface area (Å²) in [6.07, 6.45) is 6.61. The van der Waals surface area contributed by atoms with Crippen molar-refractivity contribution in [3.63, 3.8) is 0 Å². The Kier molecular flexibility index (Phi) is 6.32. The van der Waals surface area contributed by atoms with Gasteiger partial charge in [-0.2, -0.15) is 0 Å². The van der Waals surface area contributed by atoms with Gasteiger partial charge in [-0.05, 0) is 57.7 Å². The number of hydrogen-bond donors (Lipinski definition) is 1. The van der Waals surface area contributed by atoms with E-state index in [1.165, 1.54) is 45.2 Å². The normalized spacial score (nSPS) is 23.1. The minimum absolute atomic E-state index is 0.286. The van der Waals surface area contributed by atoms with Crippen molar-refractivity contribution in [3.05, 3.63) is 0 Å². The van der Waals surface area contributed by atoms with E-state index in [0.29, 0.717) is 11.5 Å². The molecule has 1 aliphatic heterocycles. The zero-order chi connectivity index (χ0) is 14.5. The highest BCUT2D eigenvalue weighted by Gasteiger charge is 2.43. The van der Waals surface area contributed by atoms with Crippen LogP contribution in [0.2, 0.25) is 0 Å². The van der Waals surface area contributed by atoms with Gasteiger partial charge in [0.05, 0.1) is 0 Å². The molecule has 0 aliphatic carbocycles. The minimum Gasteiger partial charge on any atom is -0.312 e. The molecule has 1 aliphatic rings. The Hall–Kier alpha value is -0.0800. The molecular weight excluding hydrogens is 232 g/mol. The average molecular weight is 268 g/mol. The summed E-state index contributed by atoms with van der Waals surface area (Å²) in [5.74, 6) is 0. The zero-order valence-corrected chi connectivity index (χ0v) is 14.2. The molecule has 0 aromatic carbocycles. The monoisotopic (exact) mass is 268 g/mol. The number of nitrogens with zero attached hydrogens (tertiary/aromatic N) is 1. The fourth-order valence-corrected chi connectivity index (χ4v) is 3.76. The fourth-order valence-electron chi connectivity index (χ4n) is 3.76. The molecule has 0 aromatic heterocycles. The van der Waals surface area contributed by atoms with E-state index in [-0.39, 0.29) is 5.54 Å². The van der Waals surface area contributed by atoms with Gasteiger partial charge < -0.3 is 5.32 Å². The van der Waals surface area contributed by atoms with Gasteiger partial charge in [0, 0.05) is 11.6 Å². The molecule has 1 fully saturated rings. The van der Waals surface area contributed by atoms with E-state index in [9.17, 15) is 0 Å². The molecule has 1 rings (SSSR count). The van der Waals surface area contributed by atoms with Gasteiger partial charge in [-0.25, -0.2) is 0 Å². The van der Waals surface area contributed by atoms with Crippen LogP contribution in [-0.2, 0) is 0 Å². The van der Waals surface area contributed by atoms with Gasteiger partial charge in [0.25, 0.3) is 0 Å². The van der Waals surface area contributed by atoms with Gasteiger partial charge in [-0.1, -0.05) is 41.0 Å². The summed E-state index contributed by atoms with van der Waals surface area (Å²) in [6, 6.07) is 0.558. The van der Waals surface area contributed by atoms with Gasteiger partial charge in [0.1, 0.15) is 0 Å². The highest BCUT2D eigenvalue weighted by Crippen LogP contribution is 2.36. The van der Waals surface area contributed by atoms with Gasteiger partial charge in [0.2, 0.25) is 0 Å². The summed E-state index contributed by atoms with van der Waals surface area (Å²) in [4.78, 5) is 2.76. The number of hydrogen-bond acceptors (Lipinski definition) is 2. The van der Waals surface area contributed by atoms with Crippen molar-refractivity contribution in [3.8, 4) is 0 Å². The molecule has 1 heterocycles. The molecule has 2 heteroatoms. The first-order valence-electron chi connectivity index (χ1n) is 8.34. The van der Waals surface area contributed by atoms with Crippen LogP contribution in [0, 0.1) is 5.41 Å². The van der Waals surface area contributed by atoms with Gasteiger partial charge in [-0.3, -0.25) is 4.90 Å². The lowest BCUT2D eigenvalue weighted by Gasteiger charge is -2.52. The van der Waals surface area contributed by atoms with E-state index in [4.69, 9.17) is 0 Å². The van der Waals surface area contributed by atoms with E-state index in [1.54, 1.807) is 0 Å². The van der Waals surface area contributed by atoms with Crippen molar-refractivity contribution in [2.45, 2.75) is 85.2 Å². The molecule has 0 radical (unpaired) electrons. The first kappa shape index (κ1) is 17.0. The molecule has 0 aromatic rings. The number of piperidine rings is 1. The second kappa shape index (κ2) is 7.08. The Bertz CT molecular complexity index is 250. The van der Waals surface area contributed by atoms with Crippen LogP contribution in [0.1, 0.15) is 73.6 Å². The van der Waals surface area contributed by atoms with Crippen LogP contribution in [0.25, 0.3) is 0 Å². The summed E-state index contributed by atoms with van der Waals surface area (Å²) in [6.45, 7) is 18.0. The first-order valence-corrected chi connectivity index (χ1v) is 8.34. The van der Waals surface area contributed by atoms with Crippen LogP contribution < -0.4 is 5.32 Å². The largest absolute Gasteiger partial charge is 0.312 e. The molecule has 1 saturated heterocycles. The molecule has 114 valence electrons. The maximum atomic E-state index is 3.86. The summed E-state index contributed by atoms with van der Waals surface area (Å²) in [5.41, 5.74) is 0.589. The number of nitrogens with one attached hydrogen (secondary N) is 1. The van der Waals surface area contributed by atoms with Crippen molar-refractivity contribution < 1.29 is 0 Å². The molecule has 0 saturated carbocycles. The van der Waals surface area contributed by atoms with Gasteiger partial charge in [0.15, 0.2) is 0 Å². The fraction of sp³-hybridized carbons (Fsp3) is 1.00. The highest BCUT2D eigenvalue weighted by atomic mass is 15.2. The van der Waals surface area contributed by atoms with Crippen molar-refractivity contribution in [1.82, 2.24) is 10.2 Å². The molecule has 0 spiro atoms. The van der Waals surface area contributed by atoms with Crippen LogP contribution in [0.4, 0.5) is 0 Å². The Morgan fingerprint density at radius 3 is 2.00 bits per heavy atom. The van der Waals surface area contributed by atoms with E-state index in [0.717, 1.165) is 6.54 Å². The van der Waals surface area contributed by atoms with Crippen LogP contribution in [0.3, 0.4) is 0 Å². The average Bonchev–Trinajstić information content (AvgIpc) is 2.38. The maximum Gasteiger partial charge on any atom is 0.0336 e. The Morgan fingerprint density at radius 2 is 1.58 bits per heavy atom. The maximum absolute atomic E-state index is 3.86. The lowest BCUT2D eigenvalue weighted by atomic mass is 9.72. The smallest absolute Gasteiger partial charge is 0.0336 e. The highest BCUT2D eigenvalue weighted by molar-refractivity contribution is 5.02. The summed E-state index contributed by atoms with van der Waals surface area (Å²) in [7, 11) is 0. The van der Waals surface area contributed by atoms with Crippen molar-refractivity contribution in [2.24, 2.45) is 5.41 Å². The standard InChI is InChI=1S/C17H36N2/c1-7-12-18-15(16(3,4)5)17(6,8-2)19-13-10-9-11-14-19/h15,18H,7-14H2,1-6H3. The van der Waals surface area contributed by atoms with Crippen molar-refractivity contribution in [2.75, 3.05) is 19.6 Å². The second-order valence-corrected chi connectivity index (χ2v) is 7.51. The van der Waals surface area contributed by atoms with E-state index in [2.05, 4.69) is 51.8 Å². The Labute approximate surface area is 121 Å². The number of likely N-dealkylation sites (tertiary alicyclic amines) is 1. The third-order valence-corrected chi connectivity index (χ3v) is 4.88. The second-order valence-electron chi connectivity index (χ2n) is 7.51. The third-order valence-electron chi connectivity index (χ3n) is 4.88. The molecule has 2 nitrogen and oxygen atoms in total. The SMILES string of the molecule is CCCNC(C(C)(C)C)C(C)(CC)N1CCCCC1. The molecule has 2 unspecified atom stereocenters. The van der Waals surface area contributed by atoms with Crippen LogP contribution in [0.5, 0.6) is 0 Å². The Morgan fingerprint density at radius 1 is 1.00 bits per heavy atom. The van der Waals surface area contributed by atoms with E-state index < -0.39 is 0 Å². The minimum atomic E-state index is 0.286. The lowest BCUT2D eigenvalue weighted by molar-refractivity contribution is 0.00578. The van der Waals surface area contributed by atoms with Gasteiger partial charge >= 0.3 is 0 Å². The summed E-state index contributed by atoms with van der Waals surface area (Å²) >= 11 is 0. The molecule has 2 atom stereocenters. The van der Waals surface area contributed by atoms with E-state index >= 15 is 0 Å². The molecule has 0 bridgehead atoms. The summed E-state index contributed by atoms with van der Waals surface area (Å²) in [5, 5.41) is 3.86. The predicted octanol–water partition coefficient (Wildman–Crippen LogP) is 4.06. The van der Waals surface area contributed by atoms with Crippen molar-refractivity contribution >= 4 is 0 Å². The summed E-state index contributed by atoms with van der Waals surface area (Å²) < 4.78 is 0.